The number of hydrogen-bond donors (Lipinski definition) is 1. The summed E-state index contributed by atoms with van der Waals surface area (Å²) < 4.78 is 9.88. The van der Waals surface area contributed by atoms with Gasteiger partial charge in [0.05, 0.1) is 6.61 Å². The lowest BCUT2D eigenvalue weighted by Crippen LogP contribution is -2.33. The van der Waals surface area contributed by atoms with Crippen LogP contribution in [0.5, 0.6) is 0 Å². The molecule has 0 aliphatic rings. The van der Waals surface area contributed by atoms with Crippen LogP contribution in [0.3, 0.4) is 0 Å². The second-order valence-corrected chi connectivity index (χ2v) is 2.88. The van der Waals surface area contributed by atoms with Crippen LogP contribution in [-0.2, 0) is 9.47 Å². The van der Waals surface area contributed by atoms with Gasteiger partial charge in [0.2, 0.25) is 0 Å². The topological polar surface area (TPSA) is 44.5 Å². The molecule has 0 aliphatic carbocycles. The van der Waals surface area contributed by atoms with E-state index < -0.39 is 0 Å². The van der Waals surface area contributed by atoms with Crippen molar-refractivity contribution < 1.29 is 9.47 Å². The molecular formula is C8H19NO2. The normalized spacial score (nSPS) is 16.4. The zero-order valence-corrected chi connectivity index (χ0v) is 7.67. The number of rotatable bonds is 6. The molecule has 0 bridgehead atoms. The van der Waals surface area contributed by atoms with E-state index in [4.69, 9.17) is 15.2 Å². The number of ether oxygens (including phenoxy) is 2. The van der Waals surface area contributed by atoms with E-state index in [0.717, 1.165) is 13.0 Å². The van der Waals surface area contributed by atoms with Crippen LogP contribution in [0.25, 0.3) is 0 Å². The van der Waals surface area contributed by atoms with Gasteiger partial charge in [-0.05, 0) is 12.3 Å². The lowest BCUT2D eigenvalue weighted by Gasteiger charge is -2.18. The van der Waals surface area contributed by atoms with Gasteiger partial charge in [0.25, 0.3) is 0 Å². The molecule has 0 aliphatic heterocycles. The Hall–Kier alpha value is -0.120. The highest BCUT2D eigenvalue weighted by atomic mass is 16.5. The van der Waals surface area contributed by atoms with Gasteiger partial charge in [0, 0.05) is 26.9 Å². The summed E-state index contributed by atoms with van der Waals surface area (Å²) in [5.74, 6) is 0.468. The molecule has 2 unspecified atom stereocenters. The van der Waals surface area contributed by atoms with Crippen molar-refractivity contribution >= 4 is 0 Å². The predicted octanol–water partition coefficient (Wildman–Crippen LogP) is 0.633. The zero-order valence-electron chi connectivity index (χ0n) is 7.67. The molecule has 0 spiro atoms. The number of hydrogen-bond acceptors (Lipinski definition) is 3. The largest absolute Gasteiger partial charge is 0.385 e. The van der Waals surface area contributed by atoms with Crippen molar-refractivity contribution in [2.75, 3.05) is 27.4 Å². The molecule has 0 aromatic carbocycles. The fourth-order valence-corrected chi connectivity index (χ4v) is 0.875. The summed E-state index contributed by atoms with van der Waals surface area (Å²) in [5.41, 5.74) is 5.79. The Morgan fingerprint density at radius 3 is 2.36 bits per heavy atom. The first-order chi connectivity index (χ1) is 5.22. The lowest BCUT2D eigenvalue weighted by atomic mass is 10.0. The highest BCUT2D eigenvalue weighted by Crippen LogP contribution is 2.05. The van der Waals surface area contributed by atoms with Crippen molar-refractivity contribution in [3.05, 3.63) is 0 Å². The Balaban J connectivity index is 3.38. The molecule has 0 aromatic heterocycles. The van der Waals surface area contributed by atoms with E-state index in [2.05, 4.69) is 6.92 Å². The van der Waals surface area contributed by atoms with Gasteiger partial charge in [0.1, 0.15) is 0 Å². The minimum absolute atomic E-state index is 0.134. The number of nitrogens with two attached hydrogens (primary N) is 1. The van der Waals surface area contributed by atoms with Crippen LogP contribution in [0.15, 0.2) is 0 Å². The fraction of sp³-hybridized carbons (Fsp3) is 1.00. The van der Waals surface area contributed by atoms with E-state index in [1.807, 2.05) is 0 Å². The molecule has 0 amide bonds. The van der Waals surface area contributed by atoms with Gasteiger partial charge < -0.3 is 15.2 Å². The molecule has 0 aromatic rings. The average Bonchev–Trinajstić information content (AvgIpc) is 2.00. The Labute approximate surface area is 68.9 Å². The van der Waals surface area contributed by atoms with Crippen molar-refractivity contribution in [1.82, 2.24) is 0 Å². The van der Waals surface area contributed by atoms with Crippen molar-refractivity contribution in [1.29, 1.82) is 0 Å². The smallest absolute Gasteiger partial charge is 0.0616 e. The summed E-state index contributed by atoms with van der Waals surface area (Å²) in [6.07, 6.45) is 1.00. The second kappa shape index (κ2) is 6.58. The third-order valence-corrected chi connectivity index (χ3v) is 1.87. The summed E-state index contributed by atoms with van der Waals surface area (Å²) in [4.78, 5) is 0. The maximum atomic E-state index is 5.79. The van der Waals surface area contributed by atoms with Crippen LogP contribution in [-0.4, -0.2) is 33.5 Å². The van der Waals surface area contributed by atoms with Crippen LogP contribution in [0, 0.1) is 5.92 Å². The molecule has 11 heavy (non-hydrogen) atoms. The molecule has 2 atom stereocenters. The third kappa shape index (κ3) is 5.18. The van der Waals surface area contributed by atoms with Crippen LogP contribution < -0.4 is 5.73 Å². The van der Waals surface area contributed by atoms with Crippen molar-refractivity contribution in [2.24, 2.45) is 11.7 Å². The molecule has 0 heterocycles. The molecule has 0 radical (unpaired) electrons. The molecular weight excluding hydrogens is 142 g/mol. The average molecular weight is 161 g/mol. The lowest BCUT2D eigenvalue weighted by molar-refractivity contribution is 0.136. The highest BCUT2D eigenvalue weighted by Gasteiger charge is 2.11. The molecule has 0 fully saturated rings. The Kier molecular flexibility index (Phi) is 6.51. The van der Waals surface area contributed by atoms with E-state index >= 15 is 0 Å². The van der Waals surface area contributed by atoms with Gasteiger partial charge >= 0.3 is 0 Å². The van der Waals surface area contributed by atoms with Crippen molar-refractivity contribution in [3.63, 3.8) is 0 Å². The van der Waals surface area contributed by atoms with Crippen LogP contribution in [0.4, 0.5) is 0 Å². The zero-order chi connectivity index (χ0) is 8.69. The predicted molar refractivity (Wildman–Crippen MR) is 45.5 cm³/mol. The Bertz CT molecular complexity index is 88.2. The van der Waals surface area contributed by atoms with Gasteiger partial charge in [-0.2, -0.15) is 0 Å². The van der Waals surface area contributed by atoms with E-state index in [0.29, 0.717) is 12.5 Å². The van der Waals surface area contributed by atoms with Gasteiger partial charge in [-0.25, -0.2) is 0 Å². The Morgan fingerprint density at radius 2 is 1.91 bits per heavy atom. The van der Waals surface area contributed by atoms with E-state index in [1.165, 1.54) is 0 Å². The van der Waals surface area contributed by atoms with Gasteiger partial charge in [0.15, 0.2) is 0 Å². The molecule has 0 saturated heterocycles. The fourth-order valence-electron chi connectivity index (χ4n) is 0.875. The van der Waals surface area contributed by atoms with E-state index in [-0.39, 0.29) is 6.04 Å². The molecule has 3 nitrogen and oxygen atoms in total. The van der Waals surface area contributed by atoms with E-state index in [9.17, 15) is 0 Å². The van der Waals surface area contributed by atoms with Gasteiger partial charge in [-0.3, -0.25) is 0 Å². The SMILES string of the molecule is COCCC(C)C(N)COC. The van der Waals surface area contributed by atoms with Gasteiger partial charge in [-0.1, -0.05) is 6.92 Å². The first kappa shape index (κ1) is 10.9. The minimum atomic E-state index is 0.134. The quantitative estimate of drug-likeness (QED) is 0.621. The Morgan fingerprint density at radius 1 is 1.27 bits per heavy atom. The van der Waals surface area contributed by atoms with Crippen molar-refractivity contribution in [2.45, 2.75) is 19.4 Å². The first-order valence-corrected chi connectivity index (χ1v) is 3.95. The van der Waals surface area contributed by atoms with Crippen LogP contribution >= 0.6 is 0 Å². The van der Waals surface area contributed by atoms with E-state index in [1.54, 1.807) is 14.2 Å². The summed E-state index contributed by atoms with van der Waals surface area (Å²) in [5, 5.41) is 0. The third-order valence-electron chi connectivity index (χ3n) is 1.87. The maximum absolute atomic E-state index is 5.79. The van der Waals surface area contributed by atoms with Crippen molar-refractivity contribution in [3.8, 4) is 0 Å². The highest BCUT2D eigenvalue weighted by molar-refractivity contribution is 4.67. The monoisotopic (exact) mass is 161 g/mol. The minimum Gasteiger partial charge on any atom is -0.385 e. The van der Waals surface area contributed by atoms with Crippen LogP contribution in [0.1, 0.15) is 13.3 Å². The number of methoxy groups -OCH3 is 2. The summed E-state index contributed by atoms with van der Waals surface area (Å²) in [7, 11) is 3.37. The van der Waals surface area contributed by atoms with Crippen LogP contribution in [0.2, 0.25) is 0 Å². The second-order valence-electron chi connectivity index (χ2n) is 2.88. The molecule has 2 N–H and O–H groups in total. The summed E-state index contributed by atoms with van der Waals surface area (Å²) in [6, 6.07) is 0.134. The maximum Gasteiger partial charge on any atom is 0.0616 e. The molecule has 3 heteroatoms. The van der Waals surface area contributed by atoms with Gasteiger partial charge in [-0.15, -0.1) is 0 Å². The molecule has 68 valence electrons. The summed E-state index contributed by atoms with van der Waals surface area (Å²) >= 11 is 0. The molecule has 0 rings (SSSR count). The summed E-state index contributed by atoms with van der Waals surface area (Å²) in [6.45, 7) is 3.52. The molecule has 0 saturated carbocycles. The first-order valence-electron chi connectivity index (χ1n) is 3.95. The standard InChI is InChI=1S/C8H19NO2/c1-7(4-5-10-2)8(9)6-11-3/h7-8H,4-6,9H2,1-3H3.